The Hall–Kier alpha value is -4.16. The van der Waals surface area contributed by atoms with Gasteiger partial charge < -0.3 is 46.6 Å². The molecule has 1 saturated heterocycles. The Labute approximate surface area is 227 Å². The Bertz CT molecular complexity index is 1000. The summed E-state index contributed by atoms with van der Waals surface area (Å²) in [5, 5.41) is 35.9. The van der Waals surface area contributed by atoms with Crippen molar-refractivity contribution < 1.29 is 63.3 Å². The summed E-state index contributed by atoms with van der Waals surface area (Å²) >= 11 is 0. The fraction of sp³-hybridized carbons (Fsp3) is 0.636. The van der Waals surface area contributed by atoms with E-state index >= 15 is 0 Å². The van der Waals surface area contributed by atoms with Gasteiger partial charge in [0.15, 0.2) is 11.9 Å². The molecule has 6 atom stereocenters. The Kier molecular flexibility index (Phi) is 13.1. The van der Waals surface area contributed by atoms with Crippen LogP contribution in [-0.4, -0.2) is 111 Å². The van der Waals surface area contributed by atoms with Crippen molar-refractivity contribution in [3.8, 4) is 0 Å². The highest BCUT2D eigenvalue weighted by Crippen LogP contribution is 2.14. The molecule has 0 bridgehead atoms. The molecule has 40 heavy (non-hydrogen) atoms. The molecule has 224 valence electrons. The minimum Gasteiger partial charge on any atom is -0.441 e. The van der Waals surface area contributed by atoms with E-state index in [1.165, 1.54) is 0 Å². The molecule has 2 unspecified atom stereocenters. The number of carbonyl (C=O) groups is 8. The lowest BCUT2D eigenvalue weighted by atomic mass is 9.98. The molecule has 0 aromatic heterocycles. The monoisotopic (exact) mass is 575 g/mol. The molecular formula is C22H33N5O13. The van der Waals surface area contributed by atoms with Crippen LogP contribution < -0.4 is 21.7 Å². The van der Waals surface area contributed by atoms with E-state index in [-0.39, 0.29) is 12.8 Å². The van der Waals surface area contributed by atoms with Crippen molar-refractivity contribution in [3.63, 3.8) is 0 Å². The number of hydrogen-bond acceptors (Lipinski definition) is 13. The number of ether oxygens (including phenoxy) is 1. The van der Waals surface area contributed by atoms with Crippen LogP contribution in [0.2, 0.25) is 0 Å². The van der Waals surface area contributed by atoms with E-state index in [4.69, 9.17) is 15.6 Å². The molecule has 0 aromatic carbocycles. The highest BCUT2D eigenvalue weighted by Gasteiger charge is 2.39. The number of carbonyl (C=O) groups excluding carboxylic acids is 8. The summed E-state index contributed by atoms with van der Waals surface area (Å²) in [6.07, 6.45) is -8.36. The van der Waals surface area contributed by atoms with Gasteiger partial charge in [0.25, 0.3) is 11.8 Å². The predicted octanol–water partition coefficient (Wildman–Crippen LogP) is -4.36. The second-order valence-corrected chi connectivity index (χ2v) is 8.81. The minimum atomic E-state index is -2.04. The van der Waals surface area contributed by atoms with E-state index in [0.717, 1.165) is 20.8 Å². The van der Waals surface area contributed by atoms with Gasteiger partial charge >= 0.3 is 12.1 Å². The number of aliphatic hydroxyl groups excluding tert-OH is 3. The van der Waals surface area contributed by atoms with Crippen molar-refractivity contribution in [2.45, 2.75) is 82.9 Å². The summed E-state index contributed by atoms with van der Waals surface area (Å²) in [6, 6.07) is -4.51. The lowest BCUT2D eigenvalue weighted by Crippen LogP contribution is -2.58. The molecule has 1 rings (SSSR count). The van der Waals surface area contributed by atoms with Crippen LogP contribution in [-0.2, 0) is 43.1 Å². The number of rotatable bonds is 15. The highest BCUT2D eigenvalue weighted by atomic mass is 16.7. The maximum Gasteiger partial charge on any atom is 0.408 e. The maximum atomic E-state index is 12.5. The van der Waals surface area contributed by atoms with Gasteiger partial charge in [-0.2, -0.15) is 0 Å². The molecule has 0 aliphatic carbocycles. The fourth-order valence-electron chi connectivity index (χ4n) is 3.35. The molecule has 18 heteroatoms. The molecule has 18 nitrogen and oxygen atoms in total. The van der Waals surface area contributed by atoms with Crippen molar-refractivity contribution >= 4 is 47.4 Å². The number of Topliss-reactive ketones (excluding diaryl/α,β-unsaturated/α-hetero) is 1. The van der Waals surface area contributed by atoms with E-state index in [1.54, 1.807) is 0 Å². The average Bonchev–Trinajstić information content (AvgIpc) is 3.18. The summed E-state index contributed by atoms with van der Waals surface area (Å²) in [5.74, 6) is -6.04. The van der Waals surface area contributed by atoms with Crippen LogP contribution in [0.15, 0.2) is 0 Å². The van der Waals surface area contributed by atoms with E-state index in [9.17, 15) is 48.6 Å². The molecule has 1 aliphatic heterocycles. The van der Waals surface area contributed by atoms with Gasteiger partial charge in [0.05, 0.1) is 13.0 Å². The molecule has 1 fully saturated rings. The number of nitrogens with zero attached hydrogens (tertiary/aromatic N) is 1. The first-order chi connectivity index (χ1) is 18.6. The number of alkyl carbamates (subject to hydrolysis) is 1. The third-order valence-corrected chi connectivity index (χ3v) is 5.51. The molecule has 0 aromatic rings. The molecule has 6 amide bonds. The SMILES string of the molecule is CC(=O)N[C@@H](C(C)=O)[C@@H](OC(=O)NC(C)C(=O)NC(CCC(=O)ON1C(=O)CCC1=O)C(N)=O)[C@H](O)[C@H](O)CO. The van der Waals surface area contributed by atoms with Gasteiger partial charge in [0, 0.05) is 19.8 Å². The van der Waals surface area contributed by atoms with Crippen molar-refractivity contribution in [2.24, 2.45) is 5.73 Å². The zero-order valence-electron chi connectivity index (χ0n) is 21.9. The minimum absolute atomic E-state index is 0.121. The fourth-order valence-corrected chi connectivity index (χ4v) is 3.35. The van der Waals surface area contributed by atoms with Crippen LogP contribution >= 0.6 is 0 Å². The number of amides is 6. The van der Waals surface area contributed by atoms with E-state index in [2.05, 4.69) is 20.8 Å². The lowest BCUT2D eigenvalue weighted by molar-refractivity contribution is -0.197. The van der Waals surface area contributed by atoms with Crippen LogP contribution in [0, 0.1) is 0 Å². The van der Waals surface area contributed by atoms with Crippen LogP contribution in [0.4, 0.5) is 4.79 Å². The van der Waals surface area contributed by atoms with Gasteiger partial charge in [-0.15, -0.1) is 5.06 Å². The third kappa shape index (κ3) is 10.2. The number of aliphatic hydroxyl groups is 3. The van der Waals surface area contributed by atoms with Crippen LogP contribution in [0.3, 0.4) is 0 Å². The van der Waals surface area contributed by atoms with Crippen LogP contribution in [0.25, 0.3) is 0 Å². The maximum absolute atomic E-state index is 12.5. The Morgan fingerprint density at radius 1 is 1.00 bits per heavy atom. The number of nitrogens with one attached hydrogen (secondary N) is 3. The number of hydrogen-bond donors (Lipinski definition) is 7. The zero-order valence-corrected chi connectivity index (χ0v) is 21.9. The van der Waals surface area contributed by atoms with Crippen molar-refractivity contribution in [2.75, 3.05) is 6.61 Å². The lowest BCUT2D eigenvalue weighted by Gasteiger charge is -2.31. The average molecular weight is 576 g/mol. The largest absolute Gasteiger partial charge is 0.441 e. The number of ketones is 1. The van der Waals surface area contributed by atoms with Crippen molar-refractivity contribution in [1.82, 2.24) is 21.0 Å². The van der Waals surface area contributed by atoms with Crippen molar-refractivity contribution in [1.29, 1.82) is 0 Å². The first kappa shape index (κ1) is 33.9. The zero-order chi connectivity index (χ0) is 30.7. The number of imide groups is 1. The Morgan fingerprint density at radius 3 is 2.05 bits per heavy atom. The summed E-state index contributed by atoms with van der Waals surface area (Å²) in [6.45, 7) is 2.20. The Morgan fingerprint density at radius 2 is 1.57 bits per heavy atom. The molecule has 8 N–H and O–H groups in total. The predicted molar refractivity (Wildman–Crippen MR) is 128 cm³/mol. The topological polar surface area (TPSA) is 281 Å². The molecule has 0 saturated carbocycles. The normalized spacial score (nSPS) is 17.5. The number of primary amides is 1. The van der Waals surface area contributed by atoms with E-state index < -0.39 is 103 Å². The van der Waals surface area contributed by atoms with Gasteiger partial charge in [0.2, 0.25) is 17.7 Å². The first-order valence-corrected chi connectivity index (χ1v) is 12.0. The third-order valence-electron chi connectivity index (χ3n) is 5.51. The second kappa shape index (κ2) is 15.4. The van der Waals surface area contributed by atoms with E-state index in [0.29, 0.717) is 5.06 Å². The quantitative estimate of drug-likeness (QED) is 0.0910. The Balaban J connectivity index is 2.80. The van der Waals surface area contributed by atoms with E-state index in [1.807, 2.05) is 0 Å². The van der Waals surface area contributed by atoms with Gasteiger partial charge in [-0.05, 0) is 20.3 Å². The summed E-state index contributed by atoms with van der Waals surface area (Å²) in [4.78, 5) is 99.9. The molecule has 0 radical (unpaired) electrons. The van der Waals surface area contributed by atoms with Crippen LogP contribution in [0.5, 0.6) is 0 Å². The van der Waals surface area contributed by atoms with Crippen LogP contribution in [0.1, 0.15) is 46.5 Å². The van der Waals surface area contributed by atoms with Gasteiger partial charge in [-0.3, -0.25) is 28.8 Å². The number of hydroxylamine groups is 2. The molecule has 0 spiro atoms. The van der Waals surface area contributed by atoms with Crippen molar-refractivity contribution in [3.05, 3.63) is 0 Å². The standard InChI is InChI=1S/C22H33N5O13/c1-9(24-22(38)39-19(18(35)13(31)8-28)17(10(2)29)25-11(3)30)21(37)26-12(20(23)36)4-7-16(34)40-27-14(32)5-6-15(27)33/h9,12-13,17-19,28,31,35H,4-8H2,1-3H3,(H2,23,36)(H,24,38)(H,25,30)(H,26,37)/t9?,12?,13-,17+,18-,19-/m1/s1. The summed E-state index contributed by atoms with van der Waals surface area (Å²) in [7, 11) is 0. The first-order valence-electron chi connectivity index (χ1n) is 12.0. The number of nitrogens with two attached hydrogens (primary N) is 1. The summed E-state index contributed by atoms with van der Waals surface area (Å²) in [5.41, 5.74) is 5.25. The summed E-state index contributed by atoms with van der Waals surface area (Å²) < 4.78 is 4.99. The molecule has 1 aliphatic rings. The van der Waals surface area contributed by atoms with Gasteiger partial charge in [-0.25, -0.2) is 9.59 Å². The highest BCUT2D eigenvalue weighted by molar-refractivity contribution is 6.01. The molecular weight excluding hydrogens is 542 g/mol. The van der Waals surface area contributed by atoms with Gasteiger partial charge in [0.1, 0.15) is 30.3 Å². The smallest absolute Gasteiger partial charge is 0.408 e. The second-order valence-electron chi connectivity index (χ2n) is 8.81. The molecule has 1 heterocycles. The van der Waals surface area contributed by atoms with Gasteiger partial charge in [-0.1, -0.05) is 0 Å².